The molecule has 9 nitrogen and oxygen atoms in total. The Bertz CT molecular complexity index is 1330. The zero-order valence-electron chi connectivity index (χ0n) is 18.2. The number of nitro groups is 1. The Kier molecular flexibility index (Phi) is 6.54. The number of ether oxygens (including phenoxy) is 2. The third-order valence-electron chi connectivity index (χ3n) is 5.27. The van der Waals surface area contributed by atoms with Gasteiger partial charge in [0.2, 0.25) is 0 Å². The number of methoxy groups -OCH3 is 1. The number of fused-ring (bicyclic) bond motifs is 1. The van der Waals surface area contributed by atoms with Crippen molar-refractivity contribution < 1.29 is 24.0 Å². The summed E-state index contributed by atoms with van der Waals surface area (Å²) in [4.78, 5) is 38.5. The molecule has 172 valence electrons. The average Bonchev–Trinajstić information content (AvgIpc) is 3.31. The molecule has 0 aliphatic carbocycles. The number of carbonyl (C=O) groups excluding carboxylic acids is 2. The number of hydrogen-bond acceptors (Lipinski definition) is 6. The molecule has 0 saturated carbocycles. The SMILES string of the molecule is COc1ccc(C(NC(=O)COC(=O)c2cc3cccc([N+](=O)[O-])c3[nH]2)c2ccccc2)cc1. The van der Waals surface area contributed by atoms with Crippen molar-refractivity contribution in [3.63, 3.8) is 0 Å². The lowest BCUT2D eigenvalue weighted by molar-refractivity contribution is -0.383. The molecule has 0 radical (unpaired) electrons. The quantitative estimate of drug-likeness (QED) is 0.232. The number of non-ortho nitro benzene ring substituents is 1. The first kappa shape index (κ1) is 22.5. The Balaban J connectivity index is 1.46. The van der Waals surface area contributed by atoms with E-state index in [9.17, 15) is 19.7 Å². The number of esters is 1. The van der Waals surface area contributed by atoms with Gasteiger partial charge in [-0.05, 0) is 29.3 Å². The largest absolute Gasteiger partial charge is 0.497 e. The monoisotopic (exact) mass is 459 g/mol. The summed E-state index contributed by atoms with van der Waals surface area (Å²) in [6, 6.07) is 22.2. The number of amides is 1. The summed E-state index contributed by atoms with van der Waals surface area (Å²) in [6.45, 7) is -0.518. The number of aromatic amines is 1. The van der Waals surface area contributed by atoms with Crippen molar-refractivity contribution >= 4 is 28.5 Å². The van der Waals surface area contributed by atoms with Crippen LogP contribution in [0.25, 0.3) is 10.9 Å². The Morgan fingerprint density at radius 3 is 2.38 bits per heavy atom. The van der Waals surface area contributed by atoms with Gasteiger partial charge in [-0.25, -0.2) is 4.79 Å². The summed E-state index contributed by atoms with van der Waals surface area (Å²) in [6.07, 6.45) is 0. The predicted octanol–water partition coefficient (Wildman–Crippen LogP) is 4.15. The van der Waals surface area contributed by atoms with Crippen LogP contribution in [0, 0.1) is 10.1 Å². The van der Waals surface area contributed by atoms with E-state index >= 15 is 0 Å². The van der Waals surface area contributed by atoms with E-state index in [1.165, 1.54) is 18.2 Å². The Labute approximate surface area is 194 Å². The van der Waals surface area contributed by atoms with Crippen molar-refractivity contribution in [1.82, 2.24) is 10.3 Å². The van der Waals surface area contributed by atoms with E-state index in [0.717, 1.165) is 11.1 Å². The maximum absolute atomic E-state index is 12.7. The first-order valence-electron chi connectivity index (χ1n) is 10.4. The number of nitrogens with zero attached hydrogens (tertiary/aromatic N) is 1. The average molecular weight is 459 g/mol. The van der Waals surface area contributed by atoms with Crippen LogP contribution < -0.4 is 10.1 Å². The number of aromatic nitrogens is 1. The van der Waals surface area contributed by atoms with Crippen molar-refractivity contribution in [2.75, 3.05) is 13.7 Å². The van der Waals surface area contributed by atoms with Crippen LogP contribution >= 0.6 is 0 Å². The normalized spacial score (nSPS) is 11.6. The fourth-order valence-corrected chi connectivity index (χ4v) is 3.61. The van der Waals surface area contributed by atoms with E-state index in [0.29, 0.717) is 11.1 Å². The summed E-state index contributed by atoms with van der Waals surface area (Å²) in [7, 11) is 1.57. The summed E-state index contributed by atoms with van der Waals surface area (Å²) >= 11 is 0. The molecule has 1 atom stereocenters. The van der Waals surface area contributed by atoms with Gasteiger partial charge in [0, 0.05) is 11.5 Å². The van der Waals surface area contributed by atoms with E-state index in [1.54, 1.807) is 25.3 Å². The van der Waals surface area contributed by atoms with E-state index in [1.807, 2.05) is 42.5 Å². The third kappa shape index (κ3) is 4.88. The molecule has 1 unspecified atom stereocenters. The van der Waals surface area contributed by atoms with Gasteiger partial charge in [-0.2, -0.15) is 0 Å². The van der Waals surface area contributed by atoms with Crippen LogP contribution in [0.4, 0.5) is 5.69 Å². The number of carbonyl (C=O) groups is 2. The molecule has 0 spiro atoms. The number of benzene rings is 3. The summed E-state index contributed by atoms with van der Waals surface area (Å²) in [5, 5.41) is 14.6. The maximum Gasteiger partial charge on any atom is 0.355 e. The highest BCUT2D eigenvalue weighted by Gasteiger charge is 2.20. The van der Waals surface area contributed by atoms with Gasteiger partial charge in [-0.15, -0.1) is 0 Å². The topological polar surface area (TPSA) is 124 Å². The van der Waals surface area contributed by atoms with Crippen LogP contribution in [0.1, 0.15) is 27.7 Å². The van der Waals surface area contributed by atoms with Crippen molar-refractivity contribution in [2.24, 2.45) is 0 Å². The van der Waals surface area contributed by atoms with Crippen molar-refractivity contribution in [3.8, 4) is 5.75 Å². The van der Waals surface area contributed by atoms with E-state index in [-0.39, 0.29) is 16.9 Å². The molecule has 2 N–H and O–H groups in total. The first-order chi connectivity index (χ1) is 16.5. The molecule has 0 aliphatic rings. The minimum Gasteiger partial charge on any atom is -0.497 e. The van der Waals surface area contributed by atoms with Crippen LogP contribution in [-0.2, 0) is 9.53 Å². The van der Waals surface area contributed by atoms with Crippen molar-refractivity contribution in [3.05, 3.63) is 106 Å². The number of rotatable bonds is 8. The van der Waals surface area contributed by atoms with Crippen LogP contribution in [-0.4, -0.2) is 35.5 Å². The number of nitro benzene ring substituents is 1. The molecular weight excluding hydrogens is 438 g/mol. The van der Waals surface area contributed by atoms with Gasteiger partial charge in [0.15, 0.2) is 6.61 Å². The van der Waals surface area contributed by atoms with Crippen molar-refractivity contribution in [2.45, 2.75) is 6.04 Å². The molecule has 0 bridgehead atoms. The molecule has 0 saturated heterocycles. The highest BCUT2D eigenvalue weighted by atomic mass is 16.6. The minimum atomic E-state index is -0.790. The first-order valence-corrected chi connectivity index (χ1v) is 10.4. The number of para-hydroxylation sites is 1. The van der Waals surface area contributed by atoms with Crippen molar-refractivity contribution in [1.29, 1.82) is 0 Å². The molecule has 4 rings (SSSR count). The second-order valence-corrected chi connectivity index (χ2v) is 7.44. The molecule has 1 amide bonds. The third-order valence-corrected chi connectivity index (χ3v) is 5.27. The van der Waals surface area contributed by atoms with Gasteiger partial charge >= 0.3 is 5.97 Å². The zero-order valence-corrected chi connectivity index (χ0v) is 18.2. The molecule has 3 aromatic carbocycles. The second kappa shape index (κ2) is 9.86. The Morgan fingerprint density at radius 2 is 1.71 bits per heavy atom. The highest BCUT2D eigenvalue weighted by molar-refractivity contribution is 5.98. The summed E-state index contributed by atoms with van der Waals surface area (Å²) < 4.78 is 10.4. The maximum atomic E-state index is 12.7. The lowest BCUT2D eigenvalue weighted by atomic mass is 9.98. The standard InChI is InChI=1S/C25H21N3O6/c1-33-19-12-10-17(11-13-19)23(16-6-3-2-4-7-16)27-22(29)15-34-25(30)20-14-18-8-5-9-21(28(31)32)24(18)26-20/h2-14,23,26H,15H2,1H3,(H,27,29). The molecular formula is C25H21N3O6. The second-order valence-electron chi connectivity index (χ2n) is 7.44. The Hall–Kier alpha value is -4.66. The number of H-pyrrole nitrogens is 1. The lowest BCUT2D eigenvalue weighted by Crippen LogP contribution is -2.33. The smallest absolute Gasteiger partial charge is 0.355 e. The zero-order chi connectivity index (χ0) is 24.1. The summed E-state index contributed by atoms with van der Waals surface area (Å²) in [5.74, 6) is -0.601. The van der Waals surface area contributed by atoms with Crippen LogP contribution in [0.15, 0.2) is 78.9 Å². The molecule has 4 aromatic rings. The van der Waals surface area contributed by atoms with Crippen LogP contribution in [0.5, 0.6) is 5.75 Å². The fraction of sp³-hybridized carbons (Fsp3) is 0.120. The Morgan fingerprint density at radius 1 is 1.00 bits per heavy atom. The van der Waals surface area contributed by atoms with Gasteiger partial charge in [0.1, 0.15) is 17.0 Å². The highest BCUT2D eigenvalue weighted by Crippen LogP contribution is 2.26. The van der Waals surface area contributed by atoms with Crippen LogP contribution in [0.2, 0.25) is 0 Å². The van der Waals surface area contributed by atoms with Gasteiger partial charge in [-0.3, -0.25) is 14.9 Å². The van der Waals surface area contributed by atoms with Gasteiger partial charge in [0.25, 0.3) is 11.6 Å². The molecule has 0 fully saturated rings. The molecule has 0 aliphatic heterocycles. The number of nitrogens with one attached hydrogen (secondary N) is 2. The fourth-order valence-electron chi connectivity index (χ4n) is 3.61. The summed E-state index contributed by atoms with van der Waals surface area (Å²) in [5.41, 5.74) is 1.77. The van der Waals surface area contributed by atoms with Crippen LogP contribution in [0.3, 0.4) is 0 Å². The van der Waals surface area contributed by atoms with E-state index in [4.69, 9.17) is 9.47 Å². The van der Waals surface area contributed by atoms with E-state index in [2.05, 4.69) is 10.3 Å². The molecule has 9 heteroatoms. The molecule has 1 aromatic heterocycles. The van der Waals surface area contributed by atoms with E-state index < -0.39 is 29.4 Å². The van der Waals surface area contributed by atoms with Gasteiger partial charge in [0.05, 0.1) is 18.1 Å². The minimum absolute atomic E-state index is 0.0202. The molecule has 34 heavy (non-hydrogen) atoms. The predicted molar refractivity (Wildman–Crippen MR) is 125 cm³/mol. The van der Waals surface area contributed by atoms with Gasteiger partial charge in [-0.1, -0.05) is 54.6 Å². The number of hydrogen-bond donors (Lipinski definition) is 2. The molecule has 1 heterocycles. The van der Waals surface area contributed by atoms with Gasteiger partial charge < -0.3 is 19.8 Å². The lowest BCUT2D eigenvalue weighted by Gasteiger charge is -2.20.